The second kappa shape index (κ2) is 6.28. The lowest BCUT2D eigenvalue weighted by Crippen LogP contribution is -1.84. The van der Waals surface area contributed by atoms with Gasteiger partial charge in [0.25, 0.3) is 0 Å². The monoisotopic (exact) mass is 370 g/mol. The van der Waals surface area contributed by atoms with E-state index in [1.807, 2.05) is 12.1 Å². The minimum atomic E-state index is 0.825. The first-order valence-electron chi connectivity index (χ1n) is 8.57. The Morgan fingerprint density at radius 1 is 0.577 bits per heavy atom. The summed E-state index contributed by atoms with van der Waals surface area (Å²) in [6.45, 7) is 0. The summed E-state index contributed by atoms with van der Waals surface area (Å²) in [7, 11) is 0. The molecular formula is C24H15ClS. The van der Waals surface area contributed by atoms with E-state index < -0.39 is 0 Å². The molecule has 0 saturated heterocycles. The molecule has 0 bridgehead atoms. The molecule has 5 rings (SSSR count). The third-order valence-electron chi connectivity index (χ3n) is 4.77. The summed E-state index contributed by atoms with van der Waals surface area (Å²) < 4.78 is 2.51. The summed E-state index contributed by atoms with van der Waals surface area (Å²) in [5.74, 6) is 0. The molecule has 0 unspecified atom stereocenters. The van der Waals surface area contributed by atoms with Gasteiger partial charge in [-0.2, -0.15) is 0 Å². The van der Waals surface area contributed by atoms with Crippen LogP contribution in [0.5, 0.6) is 0 Å². The van der Waals surface area contributed by atoms with Crippen molar-refractivity contribution in [3.8, 4) is 22.3 Å². The third kappa shape index (κ3) is 2.52. The zero-order chi connectivity index (χ0) is 17.5. The SMILES string of the molecule is Clc1cccc2sc3cc(-c4ccccc4-c4ccccc4)ccc3c12. The molecule has 0 saturated carbocycles. The van der Waals surface area contributed by atoms with Gasteiger partial charge in [0.2, 0.25) is 0 Å². The molecule has 0 radical (unpaired) electrons. The minimum Gasteiger partial charge on any atom is -0.135 e. The van der Waals surface area contributed by atoms with Gasteiger partial charge in [0.15, 0.2) is 0 Å². The van der Waals surface area contributed by atoms with Crippen LogP contribution in [-0.4, -0.2) is 0 Å². The maximum Gasteiger partial charge on any atom is 0.0499 e. The minimum absolute atomic E-state index is 0.825. The summed E-state index contributed by atoms with van der Waals surface area (Å²) in [6, 6.07) is 32.0. The first-order chi connectivity index (χ1) is 12.8. The molecule has 0 aliphatic carbocycles. The number of halogens is 1. The predicted octanol–water partition coefficient (Wildman–Crippen LogP) is 8.04. The van der Waals surface area contributed by atoms with Crippen LogP contribution in [0.4, 0.5) is 0 Å². The number of thiophene rings is 1. The molecule has 0 spiro atoms. The lowest BCUT2D eigenvalue weighted by Gasteiger charge is -2.10. The van der Waals surface area contributed by atoms with E-state index in [2.05, 4.69) is 78.9 Å². The highest BCUT2D eigenvalue weighted by Gasteiger charge is 2.11. The first kappa shape index (κ1) is 15.6. The average molecular weight is 371 g/mol. The van der Waals surface area contributed by atoms with Gasteiger partial charge < -0.3 is 0 Å². The fourth-order valence-electron chi connectivity index (χ4n) is 3.55. The highest BCUT2D eigenvalue weighted by atomic mass is 35.5. The summed E-state index contributed by atoms with van der Waals surface area (Å²) in [6.07, 6.45) is 0. The van der Waals surface area contributed by atoms with E-state index in [1.165, 1.54) is 37.0 Å². The van der Waals surface area contributed by atoms with Crippen molar-refractivity contribution in [2.24, 2.45) is 0 Å². The molecular weight excluding hydrogens is 356 g/mol. The van der Waals surface area contributed by atoms with Gasteiger partial charge in [0.05, 0.1) is 0 Å². The van der Waals surface area contributed by atoms with Gasteiger partial charge in [-0.25, -0.2) is 0 Å². The van der Waals surface area contributed by atoms with E-state index in [0.29, 0.717) is 0 Å². The van der Waals surface area contributed by atoms with Gasteiger partial charge in [-0.05, 0) is 40.5 Å². The molecule has 0 aliphatic rings. The second-order valence-corrected chi connectivity index (χ2v) is 7.83. The summed E-state index contributed by atoms with van der Waals surface area (Å²) in [5, 5.41) is 3.22. The van der Waals surface area contributed by atoms with Crippen molar-refractivity contribution in [1.29, 1.82) is 0 Å². The van der Waals surface area contributed by atoms with E-state index in [9.17, 15) is 0 Å². The normalized spacial score (nSPS) is 11.3. The smallest absolute Gasteiger partial charge is 0.0499 e. The number of fused-ring (bicyclic) bond motifs is 3. The third-order valence-corrected chi connectivity index (χ3v) is 6.20. The first-order valence-corrected chi connectivity index (χ1v) is 9.76. The Morgan fingerprint density at radius 2 is 1.31 bits per heavy atom. The molecule has 0 aliphatic heterocycles. The molecule has 0 atom stereocenters. The molecule has 0 N–H and O–H groups in total. The molecule has 0 amide bonds. The summed E-state index contributed by atoms with van der Waals surface area (Å²) in [4.78, 5) is 0. The van der Waals surface area contributed by atoms with Crippen molar-refractivity contribution >= 4 is 43.1 Å². The van der Waals surface area contributed by atoms with Gasteiger partial charge in [-0.15, -0.1) is 11.3 Å². The fourth-order valence-corrected chi connectivity index (χ4v) is 5.06. The molecule has 1 heterocycles. The van der Waals surface area contributed by atoms with E-state index in [4.69, 9.17) is 11.6 Å². The summed E-state index contributed by atoms with van der Waals surface area (Å²) in [5.41, 5.74) is 4.98. The van der Waals surface area contributed by atoms with Gasteiger partial charge in [-0.3, -0.25) is 0 Å². The van der Waals surface area contributed by atoms with Crippen LogP contribution in [0.25, 0.3) is 42.4 Å². The maximum atomic E-state index is 6.45. The van der Waals surface area contributed by atoms with Crippen LogP contribution in [0, 0.1) is 0 Å². The van der Waals surface area contributed by atoms with Gasteiger partial charge in [0.1, 0.15) is 0 Å². The van der Waals surface area contributed by atoms with Crippen LogP contribution in [0.15, 0.2) is 91.0 Å². The Morgan fingerprint density at radius 3 is 2.12 bits per heavy atom. The maximum absolute atomic E-state index is 6.45. The lowest BCUT2D eigenvalue weighted by molar-refractivity contribution is 1.60. The standard InChI is InChI=1S/C24H15ClS/c25-21-11-6-12-22-24(21)20-14-13-17(15-23(20)26-22)19-10-5-4-9-18(19)16-7-2-1-3-8-16/h1-15H. The van der Waals surface area contributed by atoms with Gasteiger partial charge >= 0.3 is 0 Å². The largest absolute Gasteiger partial charge is 0.135 e. The van der Waals surface area contributed by atoms with Crippen molar-refractivity contribution in [2.75, 3.05) is 0 Å². The highest BCUT2D eigenvalue weighted by molar-refractivity contribution is 7.26. The van der Waals surface area contributed by atoms with Crippen LogP contribution >= 0.6 is 22.9 Å². The van der Waals surface area contributed by atoms with Crippen LogP contribution in [0.1, 0.15) is 0 Å². The van der Waals surface area contributed by atoms with Crippen LogP contribution in [-0.2, 0) is 0 Å². The van der Waals surface area contributed by atoms with Crippen molar-refractivity contribution in [2.45, 2.75) is 0 Å². The Bertz CT molecular complexity index is 1240. The van der Waals surface area contributed by atoms with Gasteiger partial charge in [0, 0.05) is 25.2 Å². The Balaban J connectivity index is 1.74. The van der Waals surface area contributed by atoms with Gasteiger partial charge in [-0.1, -0.05) is 84.4 Å². The molecule has 5 aromatic rings. The van der Waals surface area contributed by atoms with Crippen molar-refractivity contribution in [3.63, 3.8) is 0 Å². The molecule has 1 aromatic heterocycles. The van der Waals surface area contributed by atoms with Crippen LogP contribution in [0.2, 0.25) is 5.02 Å². The lowest BCUT2D eigenvalue weighted by atomic mass is 9.94. The van der Waals surface area contributed by atoms with Crippen molar-refractivity contribution in [1.82, 2.24) is 0 Å². The van der Waals surface area contributed by atoms with Crippen molar-refractivity contribution in [3.05, 3.63) is 96.0 Å². The predicted molar refractivity (Wildman–Crippen MR) is 115 cm³/mol. The molecule has 26 heavy (non-hydrogen) atoms. The van der Waals surface area contributed by atoms with Crippen LogP contribution in [0.3, 0.4) is 0 Å². The zero-order valence-corrected chi connectivity index (χ0v) is 15.5. The summed E-state index contributed by atoms with van der Waals surface area (Å²) >= 11 is 8.25. The quantitative estimate of drug-likeness (QED) is 0.295. The fraction of sp³-hybridized carbons (Fsp3) is 0. The topological polar surface area (TPSA) is 0 Å². The van der Waals surface area contributed by atoms with E-state index in [1.54, 1.807) is 11.3 Å². The number of rotatable bonds is 2. The molecule has 4 aromatic carbocycles. The Kier molecular flexibility index (Phi) is 3.77. The number of hydrogen-bond donors (Lipinski definition) is 0. The molecule has 0 nitrogen and oxygen atoms in total. The zero-order valence-electron chi connectivity index (χ0n) is 13.9. The highest BCUT2D eigenvalue weighted by Crippen LogP contribution is 2.41. The Hall–Kier alpha value is -2.61. The molecule has 124 valence electrons. The average Bonchev–Trinajstić information content (AvgIpc) is 3.07. The van der Waals surface area contributed by atoms with E-state index in [-0.39, 0.29) is 0 Å². The number of benzene rings is 4. The Labute approximate surface area is 161 Å². The number of hydrogen-bond acceptors (Lipinski definition) is 1. The van der Waals surface area contributed by atoms with E-state index in [0.717, 1.165) is 10.4 Å². The van der Waals surface area contributed by atoms with Crippen LogP contribution < -0.4 is 0 Å². The van der Waals surface area contributed by atoms with Crippen molar-refractivity contribution < 1.29 is 0 Å². The van der Waals surface area contributed by atoms with E-state index >= 15 is 0 Å². The second-order valence-electron chi connectivity index (χ2n) is 6.34. The molecule has 0 fully saturated rings. The molecule has 2 heteroatoms.